The molecule has 0 amide bonds. The Kier molecular flexibility index (Phi) is 6.90. The van der Waals surface area contributed by atoms with E-state index in [1.54, 1.807) is 0 Å². The van der Waals surface area contributed by atoms with Gasteiger partial charge >= 0.3 is 5.97 Å². The summed E-state index contributed by atoms with van der Waals surface area (Å²) in [4.78, 5) is 11.5. The minimum absolute atomic E-state index is 0.00742. The van der Waals surface area contributed by atoms with Crippen LogP contribution in [0.1, 0.15) is 106 Å². The Morgan fingerprint density at radius 2 is 1.84 bits per heavy atom. The molecule has 1 N–H and O–H groups in total. The van der Waals surface area contributed by atoms with Crippen molar-refractivity contribution in [1.29, 1.82) is 0 Å². The number of fused-ring (bicyclic) bond motifs is 5. The highest BCUT2D eigenvalue weighted by atomic mass is 16.5. The SMILES string of the molecule is CC(=O)OC1CCC2(C)C(=CC(O)C3C2CCC2(C)C(C(C)CCCC(C)C)CCC32)C1. The van der Waals surface area contributed by atoms with Crippen LogP contribution in [-0.4, -0.2) is 23.3 Å². The fourth-order valence-electron chi connectivity index (χ4n) is 8.98. The van der Waals surface area contributed by atoms with Crippen LogP contribution in [0, 0.1) is 46.3 Å². The molecule has 0 radical (unpaired) electrons. The molecule has 0 heterocycles. The van der Waals surface area contributed by atoms with E-state index >= 15 is 0 Å². The van der Waals surface area contributed by atoms with Crippen LogP contribution in [0.25, 0.3) is 0 Å². The predicted octanol–water partition coefficient (Wildman–Crippen LogP) is 6.93. The number of rotatable bonds is 6. The van der Waals surface area contributed by atoms with Crippen LogP contribution in [0.5, 0.6) is 0 Å². The highest BCUT2D eigenvalue weighted by Gasteiger charge is 2.61. The second-order valence-corrected chi connectivity index (χ2v) is 12.9. The van der Waals surface area contributed by atoms with Crippen molar-refractivity contribution in [2.45, 2.75) is 118 Å². The highest BCUT2D eigenvalue weighted by Crippen LogP contribution is 2.67. The molecule has 3 heteroatoms. The Labute approximate surface area is 196 Å². The van der Waals surface area contributed by atoms with E-state index in [0.717, 1.165) is 37.0 Å². The van der Waals surface area contributed by atoms with Crippen molar-refractivity contribution in [3.8, 4) is 0 Å². The number of carbonyl (C=O) groups excluding carboxylic acids is 1. The molecule has 4 rings (SSSR count). The van der Waals surface area contributed by atoms with Gasteiger partial charge in [0, 0.05) is 13.3 Å². The van der Waals surface area contributed by atoms with Gasteiger partial charge in [0.2, 0.25) is 0 Å². The molecular formula is C29H48O3. The third kappa shape index (κ3) is 4.21. The summed E-state index contributed by atoms with van der Waals surface area (Å²) in [6.45, 7) is 13.7. The third-order valence-electron chi connectivity index (χ3n) is 10.6. The summed E-state index contributed by atoms with van der Waals surface area (Å²) < 4.78 is 5.57. The molecule has 0 bridgehead atoms. The minimum Gasteiger partial charge on any atom is -0.462 e. The van der Waals surface area contributed by atoms with Crippen molar-refractivity contribution in [1.82, 2.24) is 0 Å². The predicted molar refractivity (Wildman–Crippen MR) is 130 cm³/mol. The zero-order chi connectivity index (χ0) is 23.3. The first-order valence-electron chi connectivity index (χ1n) is 13.6. The van der Waals surface area contributed by atoms with Crippen LogP contribution >= 0.6 is 0 Å². The van der Waals surface area contributed by atoms with Crippen LogP contribution < -0.4 is 0 Å². The number of carbonyl (C=O) groups is 1. The Bertz CT molecular complexity index is 726. The van der Waals surface area contributed by atoms with Gasteiger partial charge in [0.25, 0.3) is 0 Å². The van der Waals surface area contributed by atoms with Crippen molar-refractivity contribution in [3.05, 3.63) is 11.6 Å². The molecule has 4 aliphatic carbocycles. The molecule has 3 nitrogen and oxygen atoms in total. The zero-order valence-electron chi connectivity index (χ0n) is 21.5. The number of hydrogen-bond donors (Lipinski definition) is 1. The quantitative estimate of drug-likeness (QED) is 0.357. The van der Waals surface area contributed by atoms with Gasteiger partial charge in [-0.25, -0.2) is 0 Å². The summed E-state index contributed by atoms with van der Waals surface area (Å²) in [7, 11) is 0. The summed E-state index contributed by atoms with van der Waals surface area (Å²) in [5.41, 5.74) is 1.92. The largest absolute Gasteiger partial charge is 0.462 e. The lowest BCUT2D eigenvalue weighted by atomic mass is 9.46. The van der Waals surface area contributed by atoms with Gasteiger partial charge in [0.1, 0.15) is 6.10 Å². The number of esters is 1. The lowest BCUT2D eigenvalue weighted by molar-refractivity contribution is -0.149. The topological polar surface area (TPSA) is 46.5 Å². The van der Waals surface area contributed by atoms with Crippen molar-refractivity contribution in [3.63, 3.8) is 0 Å². The molecule has 3 fully saturated rings. The van der Waals surface area contributed by atoms with Crippen molar-refractivity contribution >= 4 is 5.97 Å². The molecule has 182 valence electrons. The molecule has 9 atom stereocenters. The molecule has 0 aromatic rings. The normalized spacial score (nSPS) is 44.3. The average molecular weight is 445 g/mol. The minimum atomic E-state index is -0.334. The number of aliphatic hydroxyl groups is 1. The molecule has 32 heavy (non-hydrogen) atoms. The highest BCUT2D eigenvalue weighted by molar-refractivity contribution is 5.66. The molecule has 0 saturated heterocycles. The molecule has 0 spiro atoms. The first-order valence-corrected chi connectivity index (χ1v) is 13.6. The molecule has 4 aliphatic rings. The first-order chi connectivity index (χ1) is 15.1. The van der Waals surface area contributed by atoms with E-state index in [4.69, 9.17) is 4.74 Å². The fourth-order valence-corrected chi connectivity index (χ4v) is 8.98. The maximum atomic E-state index is 11.5. The summed E-state index contributed by atoms with van der Waals surface area (Å²) in [6.07, 6.45) is 14.0. The van der Waals surface area contributed by atoms with Crippen LogP contribution in [0.15, 0.2) is 11.6 Å². The summed E-state index contributed by atoms with van der Waals surface area (Å²) in [6, 6.07) is 0. The number of aliphatic hydroxyl groups excluding tert-OH is 1. The van der Waals surface area contributed by atoms with E-state index in [9.17, 15) is 9.90 Å². The van der Waals surface area contributed by atoms with E-state index in [2.05, 4.69) is 40.7 Å². The van der Waals surface area contributed by atoms with E-state index in [1.165, 1.54) is 57.4 Å². The van der Waals surface area contributed by atoms with Crippen LogP contribution in [0.4, 0.5) is 0 Å². The molecular weight excluding hydrogens is 396 g/mol. The van der Waals surface area contributed by atoms with Crippen LogP contribution in [-0.2, 0) is 9.53 Å². The lowest BCUT2D eigenvalue weighted by Crippen LogP contribution is -2.55. The second-order valence-electron chi connectivity index (χ2n) is 12.9. The molecule has 0 aliphatic heterocycles. The fraction of sp³-hybridized carbons (Fsp3) is 0.897. The summed E-state index contributed by atoms with van der Waals surface area (Å²) in [5.74, 6) is 3.85. The monoisotopic (exact) mass is 444 g/mol. The van der Waals surface area contributed by atoms with Crippen molar-refractivity contribution in [2.24, 2.45) is 46.3 Å². The average Bonchev–Trinajstić information content (AvgIpc) is 3.05. The van der Waals surface area contributed by atoms with Crippen molar-refractivity contribution < 1.29 is 14.6 Å². The Hall–Kier alpha value is -0.830. The Balaban J connectivity index is 1.51. The zero-order valence-corrected chi connectivity index (χ0v) is 21.5. The summed E-state index contributed by atoms with van der Waals surface area (Å²) >= 11 is 0. The second kappa shape index (κ2) is 9.08. The first kappa shape index (κ1) is 24.3. The van der Waals surface area contributed by atoms with Gasteiger partial charge in [0.15, 0.2) is 0 Å². The van der Waals surface area contributed by atoms with Crippen LogP contribution in [0.2, 0.25) is 0 Å². The van der Waals surface area contributed by atoms with E-state index < -0.39 is 0 Å². The van der Waals surface area contributed by atoms with Gasteiger partial charge in [-0.3, -0.25) is 4.79 Å². The number of ether oxygens (including phenoxy) is 1. The maximum Gasteiger partial charge on any atom is 0.302 e. The van der Waals surface area contributed by atoms with Gasteiger partial charge in [0.05, 0.1) is 6.10 Å². The van der Waals surface area contributed by atoms with Gasteiger partial charge in [-0.2, -0.15) is 0 Å². The third-order valence-corrected chi connectivity index (χ3v) is 10.6. The Morgan fingerprint density at radius 3 is 2.53 bits per heavy atom. The van der Waals surface area contributed by atoms with Gasteiger partial charge in [-0.05, 0) is 84.9 Å². The van der Waals surface area contributed by atoms with Gasteiger partial charge in [-0.1, -0.05) is 65.5 Å². The molecule has 0 aromatic carbocycles. The standard InChI is InChI=1S/C29H48O3/c1-18(2)8-7-9-19(3)23-10-11-24-27-25(13-15-29(23,24)6)28(5)14-12-22(32-20(4)30)16-21(28)17-26(27)31/h17-19,22-27,31H,7-16H2,1-6H3. The summed E-state index contributed by atoms with van der Waals surface area (Å²) in [5, 5.41) is 11.4. The lowest BCUT2D eigenvalue weighted by Gasteiger charge is -2.59. The van der Waals surface area contributed by atoms with E-state index in [-0.39, 0.29) is 23.6 Å². The Morgan fingerprint density at radius 1 is 1.09 bits per heavy atom. The van der Waals surface area contributed by atoms with E-state index in [0.29, 0.717) is 23.2 Å². The molecule has 0 aromatic heterocycles. The molecule has 3 saturated carbocycles. The maximum absolute atomic E-state index is 11.5. The van der Waals surface area contributed by atoms with Crippen LogP contribution in [0.3, 0.4) is 0 Å². The molecule has 9 unspecified atom stereocenters. The smallest absolute Gasteiger partial charge is 0.302 e. The van der Waals surface area contributed by atoms with Gasteiger partial charge in [-0.15, -0.1) is 0 Å². The van der Waals surface area contributed by atoms with Crippen molar-refractivity contribution in [2.75, 3.05) is 0 Å². The van der Waals surface area contributed by atoms with Gasteiger partial charge < -0.3 is 9.84 Å². The number of hydrogen-bond acceptors (Lipinski definition) is 3. The van der Waals surface area contributed by atoms with E-state index in [1.807, 2.05) is 0 Å².